The van der Waals surface area contributed by atoms with Gasteiger partial charge in [0.05, 0.1) is 12.1 Å². The Kier molecular flexibility index (Phi) is 11.1. The third kappa shape index (κ3) is 8.49. The Labute approximate surface area is 211 Å². The van der Waals surface area contributed by atoms with Gasteiger partial charge in [0.2, 0.25) is 11.8 Å². The first-order valence-electron chi connectivity index (χ1n) is 12.1. The van der Waals surface area contributed by atoms with Crippen molar-refractivity contribution in [1.29, 1.82) is 0 Å². The topological polar surface area (TPSA) is 136 Å². The second-order valence-corrected chi connectivity index (χ2v) is 9.13. The van der Waals surface area contributed by atoms with E-state index in [1.165, 1.54) is 4.90 Å². The van der Waals surface area contributed by atoms with Gasteiger partial charge in [-0.25, -0.2) is 10.3 Å². The quantitative estimate of drug-likeness (QED) is 0.247. The number of carbonyl (C=O) groups excluding carboxylic acids is 3. The predicted octanol–water partition coefficient (Wildman–Crippen LogP) is 3.61. The molecule has 2 aromatic carbocycles. The average Bonchev–Trinajstić information content (AvgIpc) is 2.86. The van der Waals surface area contributed by atoms with E-state index in [4.69, 9.17) is 5.21 Å². The minimum absolute atomic E-state index is 0.0969. The van der Waals surface area contributed by atoms with Gasteiger partial charge in [-0.3, -0.25) is 19.6 Å². The number of hydrogen-bond donors (Lipinski definition) is 4. The van der Waals surface area contributed by atoms with Gasteiger partial charge in [0.1, 0.15) is 6.04 Å². The van der Waals surface area contributed by atoms with Crippen molar-refractivity contribution in [3.63, 3.8) is 0 Å². The Hall–Kier alpha value is -3.72. The van der Waals surface area contributed by atoms with Crippen molar-refractivity contribution in [2.24, 2.45) is 5.92 Å². The molecule has 4 N–H and O–H groups in total. The van der Waals surface area contributed by atoms with Crippen molar-refractivity contribution in [3.05, 3.63) is 59.7 Å². The Morgan fingerprint density at radius 3 is 2.25 bits per heavy atom. The molecule has 1 atom stereocenters. The molecule has 3 amide bonds. The van der Waals surface area contributed by atoms with Crippen LogP contribution in [0.15, 0.2) is 48.5 Å². The van der Waals surface area contributed by atoms with Crippen molar-refractivity contribution >= 4 is 23.7 Å². The van der Waals surface area contributed by atoms with Gasteiger partial charge in [0.15, 0.2) is 0 Å². The Morgan fingerprint density at radius 1 is 1.00 bits per heavy atom. The molecular weight excluding hydrogens is 462 g/mol. The number of carboxylic acid groups (broad SMARTS) is 1. The molecule has 0 saturated heterocycles. The Morgan fingerprint density at radius 2 is 1.67 bits per heavy atom. The van der Waals surface area contributed by atoms with Crippen molar-refractivity contribution < 1.29 is 29.5 Å². The van der Waals surface area contributed by atoms with Crippen LogP contribution in [-0.2, 0) is 20.9 Å². The summed E-state index contributed by atoms with van der Waals surface area (Å²) in [6.07, 6.45) is 2.14. The maximum absolute atomic E-state index is 12.9. The lowest BCUT2D eigenvalue weighted by molar-refractivity contribution is -0.139. The number of unbranched alkanes of at least 4 members (excludes halogenated alkanes) is 1. The molecule has 0 radical (unpaired) electrons. The van der Waals surface area contributed by atoms with Gasteiger partial charge in [-0.15, -0.1) is 0 Å². The molecule has 0 heterocycles. The fourth-order valence-electron chi connectivity index (χ4n) is 3.84. The zero-order valence-electron chi connectivity index (χ0n) is 21.0. The fourth-order valence-corrected chi connectivity index (χ4v) is 3.84. The van der Waals surface area contributed by atoms with E-state index in [0.717, 1.165) is 17.5 Å². The van der Waals surface area contributed by atoms with Gasteiger partial charge in [-0.2, -0.15) is 0 Å². The van der Waals surface area contributed by atoms with Gasteiger partial charge >= 0.3 is 5.97 Å². The van der Waals surface area contributed by atoms with Crippen LogP contribution in [0.1, 0.15) is 62.4 Å². The number of hydroxylamine groups is 1. The molecule has 2 rings (SSSR count). The molecule has 194 valence electrons. The van der Waals surface area contributed by atoms with Crippen LogP contribution in [0.4, 0.5) is 0 Å². The second-order valence-electron chi connectivity index (χ2n) is 9.13. The highest BCUT2D eigenvalue weighted by Crippen LogP contribution is 2.24. The van der Waals surface area contributed by atoms with Crippen LogP contribution in [0.3, 0.4) is 0 Å². The molecule has 9 heteroatoms. The number of carboxylic acids is 1. The Balaban J connectivity index is 2.19. The largest absolute Gasteiger partial charge is 0.478 e. The lowest BCUT2D eigenvalue weighted by Gasteiger charge is -2.25. The van der Waals surface area contributed by atoms with E-state index < -0.39 is 23.8 Å². The van der Waals surface area contributed by atoms with Crippen molar-refractivity contribution in [1.82, 2.24) is 15.7 Å². The summed E-state index contributed by atoms with van der Waals surface area (Å²) in [5.74, 6) is -2.31. The number of nitrogens with zero attached hydrogens (tertiary/aromatic N) is 1. The lowest BCUT2D eigenvalue weighted by atomic mass is 9.98. The van der Waals surface area contributed by atoms with Crippen LogP contribution >= 0.6 is 0 Å². The highest BCUT2D eigenvalue weighted by molar-refractivity contribution is 5.96. The predicted molar refractivity (Wildman–Crippen MR) is 135 cm³/mol. The summed E-state index contributed by atoms with van der Waals surface area (Å²) in [5.41, 5.74) is 3.86. The summed E-state index contributed by atoms with van der Waals surface area (Å²) in [6.45, 7) is 5.70. The first kappa shape index (κ1) is 28.5. The molecule has 36 heavy (non-hydrogen) atoms. The van der Waals surface area contributed by atoms with E-state index in [-0.39, 0.29) is 30.5 Å². The maximum atomic E-state index is 12.9. The number of benzene rings is 2. The smallest absolute Gasteiger partial charge is 0.336 e. The summed E-state index contributed by atoms with van der Waals surface area (Å²) in [4.78, 5) is 50.6. The third-order valence-corrected chi connectivity index (χ3v) is 5.70. The summed E-state index contributed by atoms with van der Waals surface area (Å²) in [7, 11) is 0. The summed E-state index contributed by atoms with van der Waals surface area (Å²) in [6, 6.07) is 13.0. The molecular formula is C27H35N3O6. The molecule has 0 aromatic heterocycles. The first-order chi connectivity index (χ1) is 17.2. The van der Waals surface area contributed by atoms with E-state index in [1.807, 2.05) is 20.8 Å². The molecule has 1 unspecified atom stereocenters. The van der Waals surface area contributed by atoms with Crippen LogP contribution in [0.5, 0.6) is 0 Å². The number of hydrogen-bond acceptors (Lipinski definition) is 5. The molecule has 0 fully saturated rings. The number of rotatable bonds is 13. The third-order valence-electron chi connectivity index (χ3n) is 5.70. The van der Waals surface area contributed by atoms with Crippen LogP contribution in [0, 0.1) is 5.92 Å². The van der Waals surface area contributed by atoms with E-state index in [1.54, 1.807) is 54.0 Å². The van der Waals surface area contributed by atoms with Crippen LogP contribution < -0.4 is 10.8 Å². The standard InChI is InChI=1S/C27H35N3O6/c1-4-5-10-25(32)30(17-24(31)28-23(15-18(2)3)26(33)29-36)16-19-11-13-20(14-12-19)21-8-6-7-9-22(21)27(34)35/h6-9,11-14,18,23,36H,4-5,10,15-17H2,1-3H3,(H,28,31)(H,29,33)(H,34,35). The average molecular weight is 498 g/mol. The highest BCUT2D eigenvalue weighted by Gasteiger charge is 2.24. The van der Waals surface area contributed by atoms with E-state index >= 15 is 0 Å². The summed E-state index contributed by atoms with van der Waals surface area (Å²) in [5, 5.41) is 21.1. The van der Waals surface area contributed by atoms with Crippen LogP contribution in [-0.4, -0.2) is 51.5 Å². The Bertz CT molecular complexity index is 1050. The first-order valence-corrected chi connectivity index (χ1v) is 12.1. The monoisotopic (exact) mass is 497 g/mol. The van der Waals surface area contributed by atoms with Gasteiger partial charge in [0.25, 0.3) is 5.91 Å². The van der Waals surface area contributed by atoms with Crippen molar-refractivity contribution in [2.75, 3.05) is 6.54 Å². The molecule has 0 bridgehead atoms. The normalized spacial score (nSPS) is 11.6. The highest BCUT2D eigenvalue weighted by atomic mass is 16.5. The SMILES string of the molecule is CCCCC(=O)N(CC(=O)NC(CC(C)C)C(=O)NO)Cc1ccc(-c2ccccc2C(=O)O)cc1. The molecule has 2 aromatic rings. The summed E-state index contributed by atoms with van der Waals surface area (Å²) < 4.78 is 0. The van der Waals surface area contributed by atoms with Crippen molar-refractivity contribution in [2.45, 2.75) is 59.0 Å². The molecule has 0 saturated carbocycles. The van der Waals surface area contributed by atoms with Gasteiger partial charge in [0, 0.05) is 13.0 Å². The number of nitrogens with one attached hydrogen (secondary N) is 2. The minimum Gasteiger partial charge on any atom is -0.478 e. The lowest BCUT2D eigenvalue weighted by Crippen LogP contribution is -2.50. The molecule has 9 nitrogen and oxygen atoms in total. The van der Waals surface area contributed by atoms with Crippen molar-refractivity contribution in [3.8, 4) is 11.1 Å². The zero-order chi connectivity index (χ0) is 26.7. The number of aromatic carboxylic acids is 1. The van der Waals surface area contributed by atoms with Gasteiger partial charge in [-0.1, -0.05) is 69.7 Å². The van der Waals surface area contributed by atoms with E-state index in [9.17, 15) is 24.3 Å². The van der Waals surface area contributed by atoms with Crippen LogP contribution in [0.2, 0.25) is 0 Å². The van der Waals surface area contributed by atoms with E-state index in [0.29, 0.717) is 24.8 Å². The van der Waals surface area contributed by atoms with Gasteiger partial charge in [-0.05, 0) is 41.5 Å². The minimum atomic E-state index is -1.01. The molecule has 0 aliphatic rings. The second kappa shape index (κ2) is 14.0. The maximum Gasteiger partial charge on any atom is 0.336 e. The zero-order valence-corrected chi connectivity index (χ0v) is 21.0. The number of amides is 3. The molecule has 0 spiro atoms. The fraction of sp³-hybridized carbons (Fsp3) is 0.407. The van der Waals surface area contributed by atoms with Crippen LogP contribution in [0.25, 0.3) is 11.1 Å². The number of carbonyl (C=O) groups is 4. The van der Waals surface area contributed by atoms with E-state index in [2.05, 4.69) is 5.32 Å². The summed E-state index contributed by atoms with van der Waals surface area (Å²) >= 11 is 0. The molecule has 0 aliphatic carbocycles. The van der Waals surface area contributed by atoms with Gasteiger partial charge < -0.3 is 15.3 Å². The molecule has 0 aliphatic heterocycles.